The SMILES string of the molecule is O=CC=O.c1c[nH]cn1. The summed E-state index contributed by atoms with van der Waals surface area (Å²) in [7, 11) is 0. The number of aldehydes is 2. The molecular formula is C5H6N2O2. The molecule has 4 nitrogen and oxygen atoms in total. The smallest absolute Gasteiger partial charge is 0.182 e. The minimum absolute atomic E-state index is 0.194. The van der Waals surface area contributed by atoms with Crippen LogP contribution in [0.1, 0.15) is 0 Å². The van der Waals surface area contributed by atoms with Crippen molar-refractivity contribution in [3.05, 3.63) is 18.7 Å². The van der Waals surface area contributed by atoms with E-state index in [1.807, 2.05) is 0 Å². The van der Waals surface area contributed by atoms with Gasteiger partial charge >= 0.3 is 0 Å². The summed E-state index contributed by atoms with van der Waals surface area (Å²) < 4.78 is 0. The van der Waals surface area contributed by atoms with Crippen LogP contribution in [0.5, 0.6) is 0 Å². The van der Waals surface area contributed by atoms with Crippen LogP contribution in [0.15, 0.2) is 18.7 Å². The first-order chi connectivity index (χ1) is 4.41. The number of nitrogens with one attached hydrogen (secondary N) is 1. The van der Waals surface area contributed by atoms with Crippen molar-refractivity contribution in [3.8, 4) is 0 Å². The third-order valence-corrected chi connectivity index (χ3v) is 0.461. The van der Waals surface area contributed by atoms with E-state index >= 15 is 0 Å². The van der Waals surface area contributed by atoms with Crippen LogP contribution in [-0.4, -0.2) is 22.5 Å². The molecular weight excluding hydrogens is 120 g/mol. The molecule has 1 N–H and O–H groups in total. The molecule has 0 saturated heterocycles. The van der Waals surface area contributed by atoms with Crippen molar-refractivity contribution in [2.45, 2.75) is 0 Å². The highest BCUT2D eigenvalue weighted by atomic mass is 16.2. The Balaban J connectivity index is 0.000000148. The van der Waals surface area contributed by atoms with Crippen LogP contribution in [0.4, 0.5) is 0 Å². The fourth-order valence-electron chi connectivity index (χ4n) is 0.215. The number of aromatic amines is 1. The van der Waals surface area contributed by atoms with Gasteiger partial charge in [-0.15, -0.1) is 0 Å². The van der Waals surface area contributed by atoms with Gasteiger partial charge in [-0.1, -0.05) is 0 Å². The number of nitrogens with zero attached hydrogens (tertiary/aromatic N) is 1. The third kappa shape index (κ3) is 6.55. The van der Waals surface area contributed by atoms with Gasteiger partial charge in [-0.2, -0.15) is 0 Å². The van der Waals surface area contributed by atoms with Crippen LogP contribution in [0.25, 0.3) is 0 Å². The Morgan fingerprint density at radius 3 is 2.11 bits per heavy atom. The van der Waals surface area contributed by atoms with Crippen molar-refractivity contribution in [3.63, 3.8) is 0 Å². The summed E-state index contributed by atoms with van der Waals surface area (Å²) >= 11 is 0. The minimum atomic E-state index is 0.194. The number of aromatic nitrogens is 2. The van der Waals surface area contributed by atoms with Crippen molar-refractivity contribution in [1.82, 2.24) is 9.97 Å². The lowest BCUT2D eigenvalue weighted by Gasteiger charge is -1.46. The molecule has 9 heavy (non-hydrogen) atoms. The molecule has 1 aromatic rings. The number of rotatable bonds is 1. The number of imidazole rings is 1. The number of carbonyl (C=O) groups excluding carboxylic acids is 2. The van der Waals surface area contributed by atoms with Gasteiger partial charge < -0.3 is 4.98 Å². The maximum Gasteiger partial charge on any atom is 0.182 e. The molecule has 0 amide bonds. The summed E-state index contributed by atoms with van der Waals surface area (Å²) in [6.45, 7) is 0. The van der Waals surface area contributed by atoms with Crippen LogP contribution in [0.3, 0.4) is 0 Å². The van der Waals surface area contributed by atoms with E-state index in [9.17, 15) is 0 Å². The zero-order chi connectivity index (χ0) is 6.95. The standard InChI is InChI=1S/C3H4N2.C2H2O2/c1-2-5-3-4-1;3-1-2-4/h1-3H,(H,4,5);1-2H. The molecule has 0 saturated carbocycles. The molecule has 4 heteroatoms. The highest BCUT2D eigenvalue weighted by Crippen LogP contribution is 1.62. The first-order valence-electron chi connectivity index (χ1n) is 2.23. The Hall–Kier alpha value is -1.45. The molecule has 0 bridgehead atoms. The number of carbonyl (C=O) groups is 2. The Bertz CT molecular complexity index is 125. The lowest BCUT2D eigenvalue weighted by atomic mass is 10.9. The maximum atomic E-state index is 8.81. The van der Waals surface area contributed by atoms with Crippen molar-refractivity contribution in [2.75, 3.05) is 0 Å². The highest BCUT2D eigenvalue weighted by molar-refractivity contribution is 6.09. The zero-order valence-electron chi connectivity index (χ0n) is 4.65. The van der Waals surface area contributed by atoms with E-state index in [-0.39, 0.29) is 12.6 Å². The Labute approximate surface area is 51.9 Å². The molecule has 1 heterocycles. The summed E-state index contributed by atoms with van der Waals surface area (Å²) in [5.41, 5.74) is 0. The Morgan fingerprint density at radius 2 is 2.00 bits per heavy atom. The van der Waals surface area contributed by atoms with Crippen molar-refractivity contribution in [1.29, 1.82) is 0 Å². The zero-order valence-corrected chi connectivity index (χ0v) is 4.65. The predicted molar refractivity (Wildman–Crippen MR) is 30.7 cm³/mol. The normalized spacial score (nSPS) is 6.67. The largest absolute Gasteiger partial charge is 0.351 e. The van der Waals surface area contributed by atoms with Gasteiger partial charge in [-0.25, -0.2) is 4.98 Å². The molecule has 0 unspecified atom stereocenters. The highest BCUT2D eigenvalue weighted by Gasteiger charge is 1.56. The fraction of sp³-hybridized carbons (Fsp3) is 0. The van der Waals surface area contributed by atoms with Gasteiger partial charge in [0.1, 0.15) is 0 Å². The summed E-state index contributed by atoms with van der Waals surface area (Å²) in [6, 6.07) is 0. The lowest BCUT2D eigenvalue weighted by Crippen LogP contribution is -1.62. The molecule has 0 aromatic carbocycles. The minimum Gasteiger partial charge on any atom is -0.351 e. The van der Waals surface area contributed by atoms with Gasteiger partial charge in [-0.3, -0.25) is 9.59 Å². The molecule has 0 fully saturated rings. The average Bonchev–Trinajstić information content (AvgIpc) is 2.43. The van der Waals surface area contributed by atoms with Crippen molar-refractivity contribution < 1.29 is 9.59 Å². The van der Waals surface area contributed by atoms with Crippen molar-refractivity contribution >= 4 is 12.6 Å². The maximum absolute atomic E-state index is 8.81. The third-order valence-electron chi connectivity index (χ3n) is 0.461. The molecule has 0 spiro atoms. The summed E-state index contributed by atoms with van der Waals surface area (Å²) in [5, 5.41) is 0. The molecule has 0 aliphatic rings. The first kappa shape index (κ1) is 7.55. The van der Waals surface area contributed by atoms with E-state index < -0.39 is 0 Å². The van der Waals surface area contributed by atoms with Crippen LogP contribution >= 0.6 is 0 Å². The van der Waals surface area contributed by atoms with E-state index in [1.54, 1.807) is 18.7 Å². The van der Waals surface area contributed by atoms with Gasteiger partial charge in [0.05, 0.1) is 6.33 Å². The predicted octanol–water partition coefficient (Wildman–Crippen LogP) is -0.206. The number of hydrogen-bond acceptors (Lipinski definition) is 3. The molecule has 48 valence electrons. The second kappa shape index (κ2) is 6.55. The molecule has 1 aromatic heterocycles. The van der Waals surface area contributed by atoms with E-state index in [4.69, 9.17) is 9.59 Å². The Kier molecular flexibility index (Phi) is 5.49. The van der Waals surface area contributed by atoms with E-state index in [0.29, 0.717) is 0 Å². The van der Waals surface area contributed by atoms with Crippen LogP contribution in [0.2, 0.25) is 0 Å². The molecule has 0 aliphatic heterocycles. The summed E-state index contributed by atoms with van der Waals surface area (Å²) in [4.78, 5) is 24.0. The van der Waals surface area contributed by atoms with E-state index in [0.717, 1.165) is 0 Å². The van der Waals surface area contributed by atoms with E-state index in [2.05, 4.69) is 9.97 Å². The monoisotopic (exact) mass is 126 g/mol. The van der Waals surface area contributed by atoms with Gasteiger partial charge in [0.2, 0.25) is 0 Å². The molecule has 0 atom stereocenters. The lowest BCUT2D eigenvalue weighted by molar-refractivity contribution is -0.122. The molecule has 0 aliphatic carbocycles. The second-order valence-corrected chi connectivity index (χ2v) is 1.03. The van der Waals surface area contributed by atoms with Crippen LogP contribution in [0, 0.1) is 0 Å². The summed E-state index contributed by atoms with van der Waals surface area (Å²) in [6.07, 6.45) is 5.47. The van der Waals surface area contributed by atoms with Gasteiger partial charge in [0.25, 0.3) is 0 Å². The molecule has 1 rings (SSSR count). The van der Waals surface area contributed by atoms with Crippen molar-refractivity contribution in [2.24, 2.45) is 0 Å². The second-order valence-electron chi connectivity index (χ2n) is 1.03. The number of hydrogen-bond donors (Lipinski definition) is 1. The van der Waals surface area contributed by atoms with Crippen LogP contribution < -0.4 is 0 Å². The van der Waals surface area contributed by atoms with E-state index in [1.165, 1.54) is 0 Å². The van der Waals surface area contributed by atoms with Gasteiger partial charge in [-0.05, 0) is 0 Å². The average molecular weight is 126 g/mol. The van der Waals surface area contributed by atoms with Gasteiger partial charge in [0.15, 0.2) is 12.6 Å². The first-order valence-corrected chi connectivity index (χ1v) is 2.23. The molecule has 0 radical (unpaired) electrons. The number of H-pyrrole nitrogens is 1. The van der Waals surface area contributed by atoms with Crippen LogP contribution in [-0.2, 0) is 9.59 Å². The Morgan fingerprint density at radius 1 is 1.33 bits per heavy atom. The topological polar surface area (TPSA) is 62.8 Å². The van der Waals surface area contributed by atoms with Gasteiger partial charge in [0, 0.05) is 12.4 Å². The fourth-order valence-corrected chi connectivity index (χ4v) is 0.215. The summed E-state index contributed by atoms with van der Waals surface area (Å²) in [5.74, 6) is 0. The quantitative estimate of drug-likeness (QED) is 0.418.